The third-order valence-electron chi connectivity index (χ3n) is 4.29. The molecule has 2 heterocycles. The van der Waals surface area contributed by atoms with E-state index in [-0.39, 0.29) is 18.1 Å². The molecule has 1 aromatic carbocycles. The van der Waals surface area contributed by atoms with Crippen molar-refractivity contribution in [2.24, 2.45) is 0 Å². The van der Waals surface area contributed by atoms with E-state index in [4.69, 9.17) is 4.74 Å². The van der Waals surface area contributed by atoms with Crippen LogP contribution in [0.4, 0.5) is 0 Å². The van der Waals surface area contributed by atoms with Gasteiger partial charge in [0.25, 0.3) is 5.91 Å². The molecule has 3 atom stereocenters. The van der Waals surface area contributed by atoms with Crippen LogP contribution in [0.1, 0.15) is 24.8 Å². The first-order chi connectivity index (χ1) is 9.75. The van der Waals surface area contributed by atoms with Gasteiger partial charge in [-0.15, -0.1) is 0 Å². The van der Waals surface area contributed by atoms with Gasteiger partial charge in [-0.2, -0.15) is 0 Å². The van der Waals surface area contributed by atoms with Crippen LogP contribution < -0.4 is 0 Å². The van der Waals surface area contributed by atoms with Crippen LogP contribution in [0.5, 0.6) is 0 Å². The monoisotopic (exact) mass is 275 g/mol. The third kappa shape index (κ3) is 2.72. The van der Waals surface area contributed by atoms with Crippen LogP contribution >= 0.6 is 0 Å². The molecule has 0 bridgehead atoms. The molecule has 108 valence electrons. The Morgan fingerprint density at radius 2 is 2.10 bits per heavy atom. The fourth-order valence-corrected chi connectivity index (χ4v) is 3.17. The normalized spacial score (nSPS) is 29.9. The second-order valence-corrected chi connectivity index (χ2v) is 5.65. The fraction of sp³-hybridized carbons (Fsp3) is 0.562. The molecular formula is C16H21NO3. The Morgan fingerprint density at radius 3 is 2.80 bits per heavy atom. The molecule has 0 saturated carbocycles. The van der Waals surface area contributed by atoms with Gasteiger partial charge in [0.15, 0.2) is 0 Å². The number of hydrogen-bond donors (Lipinski definition) is 1. The molecule has 0 spiro atoms. The van der Waals surface area contributed by atoms with Gasteiger partial charge in [0, 0.05) is 13.2 Å². The zero-order chi connectivity index (χ0) is 13.9. The Hall–Kier alpha value is -1.39. The van der Waals surface area contributed by atoms with Gasteiger partial charge in [-0.1, -0.05) is 30.3 Å². The number of likely N-dealkylation sites (tertiary alicyclic amines) is 1. The van der Waals surface area contributed by atoms with Gasteiger partial charge in [-0.25, -0.2) is 0 Å². The van der Waals surface area contributed by atoms with E-state index in [2.05, 4.69) is 0 Å². The number of hydrogen-bond acceptors (Lipinski definition) is 3. The smallest absolute Gasteiger partial charge is 0.252 e. The van der Waals surface area contributed by atoms with Gasteiger partial charge < -0.3 is 14.7 Å². The van der Waals surface area contributed by atoms with Gasteiger partial charge in [0.1, 0.15) is 6.10 Å². The van der Waals surface area contributed by atoms with E-state index in [0.717, 1.165) is 18.4 Å². The second kappa shape index (κ2) is 5.94. The average Bonchev–Trinajstić information content (AvgIpc) is 3.11. The zero-order valence-electron chi connectivity index (χ0n) is 11.6. The van der Waals surface area contributed by atoms with Crippen molar-refractivity contribution in [1.29, 1.82) is 0 Å². The summed E-state index contributed by atoms with van der Waals surface area (Å²) < 4.78 is 5.49. The lowest BCUT2D eigenvalue weighted by atomic mass is 10.0. The molecular weight excluding hydrogens is 254 g/mol. The summed E-state index contributed by atoms with van der Waals surface area (Å²) >= 11 is 0. The summed E-state index contributed by atoms with van der Waals surface area (Å²) in [6.07, 6.45) is 2.41. The summed E-state index contributed by atoms with van der Waals surface area (Å²) in [7, 11) is 0. The highest BCUT2D eigenvalue weighted by Gasteiger charge is 2.39. The zero-order valence-corrected chi connectivity index (χ0v) is 11.6. The molecule has 1 N–H and O–H groups in total. The van der Waals surface area contributed by atoms with Crippen LogP contribution in [0, 0.1) is 0 Å². The Morgan fingerprint density at radius 1 is 1.30 bits per heavy atom. The van der Waals surface area contributed by atoms with Crippen molar-refractivity contribution >= 4 is 5.91 Å². The summed E-state index contributed by atoms with van der Waals surface area (Å²) in [4.78, 5) is 14.3. The SMILES string of the molecule is O=C([C@H]1CCCO1)N1CC[C@H](O)[C@@H]1Cc1ccccc1. The minimum Gasteiger partial charge on any atom is -0.391 e. The van der Waals surface area contributed by atoms with E-state index in [1.807, 2.05) is 35.2 Å². The number of ether oxygens (including phenoxy) is 1. The summed E-state index contributed by atoms with van der Waals surface area (Å²) in [6, 6.07) is 9.92. The second-order valence-electron chi connectivity index (χ2n) is 5.65. The molecule has 4 heteroatoms. The quantitative estimate of drug-likeness (QED) is 0.906. The molecule has 4 nitrogen and oxygen atoms in total. The molecule has 20 heavy (non-hydrogen) atoms. The number of aliphatic hydroxyl groups excluding tert-OH is 1. The van der Waals surface area contributed by atoms with Crippen molar-refractivity contribution in [3.05, 3.63) is 35.9 Å². The average molecular weight is 275 g/mol. The molecule has 2 fully saturated rings. The van der Waals surface area contributed by atoms with Gasteiger partial charge in [-0.05, 0) is 31.2 Å². The van der Waals surface area contributed by atoms with Gasteiger partial charge in [0.2, 0.25) is 0 Å². The predicted octanol–water partition coefficient (Wildman–Crippen LogP) is 1.37. The van der Waals surface area contributed by atoms with E-state index >= 15 is 0 Å². The summed E-state index contributed by atoms with van der Waals surface area (Å²) in [5, 5.41) is 10.2. The van der Waals surface area contributed by atoms with Crippen molar-refractivity contribution < 1.29 is 14.6 Å². The minimum absolute atomic E-state index is 0.0555. The maximum atomic E-state index is 12.5. The van der Waals surface area contributed by atoms with Crippen molar-refractivity contribution in [3.63, 3.8) is 0 Å². The number of carbonyl (C=O) groups is 1. The number of benzene rings is 1. The van der Waals surface area contributed by atoms with E-state index < -0.39 is 6.10 Å². The first kappa shape index (κ1) is 13.6. The molecule has 3 rings (SSSR count). The lowest BCUT2D eigenvalue weighted by Crippen LogP contribution is -2.45. The van der Waals surface area contributed by atoms with Gasteiger partial charge in [0.05, 0.1) is 12.1 Å². The van der Waals surface area contributed by atoms with Crippen LogP contribution in [0.2, 0.25) is 0 Å². The number of aliphatic hydroxyl groups is 1. The molecule has 2 saturated heterocycles. The largest absolute Gasteiger partial charge is 0.391 e. The number of nitrogens with zero attached hydrogens (tertiary/aromatic N) is 1. The highest BCUT2D eigenvalue weighted by atomic mass is 16.5. The Labute approximate surface area is 119 Å². The third-order valence-corrected chi connectivity index (χ3v) is 4.29. The molecule has 2 aliphatic heterocycles. The minimum atomic E-state index is -0.430. The Bertz CT molecular complexity index is 456. The lowest BCUT2D eigenvalue weighted by molar-refractivity contribution is -0.142. The van der Waals surface area contributed by atoms with Crippen molar-refractivity contribution in [2.45, 2.75) is 43.9 Å². The maximum Gasteiger partial charge on any atom is 0.252 e. The standard InChI is InChI=1S/C16H21NO3/c18-14-8-9-17(16(19)15-7-4-10-20-15)13(14)11-12-5-2-1-3-6-12/h1-3,5-6,13-15,18H,4,7-11H2/t13-,14-,15+/m0/s1. The molecule has 0 radical (unpaired) electrons. The summed E-state index contributed by atoms with van der Waals surface area (Å²) in [5.74, 6) is 0.0555. The molecule has 1 amide bonds. The number of amides is 1. The molecule has 0 aliphatic carbocycles. The van der Waals surface area contributed by atoms with Gasteiger partial charge >= 0.3 is 0 Å². The van der Waals surface area contributed by atoms with Crippen molar-refractivity contribution in [2.75, 3.05) is 13.2 Å². The first-order valence-electron chi connectivity index (χ1n) is 7.40. The van der Waals surface area contributed by atoms with E-state index in [0.29, 0.717) is 26.0 Å². The molecule has 0 aromatic heterocycles. The highest BCUT2D eigenvalue weighted by molar-refractivity contribution is 5.82. The van der Waals surface area contributed by atoms with E-state index in [1.54, 1.807) is 0 Å². The number of rotatable bonds is 3. The van der Waals surface area contributed by atoms with Gasteiger partial charge in [-0.3, -0.25) is 4.79 Å². The summed E-state index contributed by atoms with van der Waals surface area (Å²) in [5.41, 5.74) is 1.16. The Balaban J connectivity index is 1.71. The van der Waals surface area contributed by atoms with E-state index in [9.17, 15) is 9.90 Å². The topological polar surface area (TPSA) is 49.8 Å². The van der Waals surface area contributed by atoms with Crippen molar-refractivity contribution in [3.8, 4) is 0 Å². The molecule has 2 aliphatic rings. The highest BCUT2D eigenvalue weighted by Crippen LogP contribution is 2.25. The summed E-state index contributed by atoms with van der Waals surface area (Å²) in [6.45, 7) is 1.31. The molecule has 0 unspecified atom stereocenters. The lowest BCUT2D eigenvalue weighted by Gasteiger charge is -2.28. The van der Waals surface area contributed by atoms with Crippen molar-refractivity contribution in [1.82, 2.24) is 4.90 Å². The van der Waals surface area contributed by atoms with Crippen LogP contribution in [-0.4, -0.2) is 47.3 Å². The predicted molar refractivity (Wildman–Crippen MR) is 75.2 cm³/mol. The molecule has 1 aromatic rings. The first-order valence-corrected chi connectivity index (χ1v) is 7.40. The Kier molecular flexibility index (Phi) is 4.03. The van der Waals surface area contributed by atoms with E-state index in [1.165, 1.54) is 0 Å². The van der Waals surface area contributed by atoms with Crippen LogP contribution in [0.3, 0.4) is 0 Å². The maximum absolute atomic E-state index is 12.5. The van der Waals surface area contributed by atoms with Crippen LogP contribution in [0.15, 0.2) is 30.3 Å². The van der Waals surface area contributed by atoms with Crippen LogP contribution in [0.25, 0.3) is 0 Å². The fourth-order valence-electron chi connectivity index (χ4n) is 3.17. The van der Waals surface area contributed by atoms with Crippen LogP contribution in [-0.2, 0) is 16.0 Å². The number of carbonyl (C=O) groups excluding carboxylic acids is 1.